The first-order valence-corrected chi connectivity index (χ1v) is 8.85. The molecule has 2 heterocycles. The third-order valence-corrected chi connectivity index (χ3v) is 4.65. The van der Waals surface area contributed by atoms with Crippen LogP contribution >= 0.6 is 11.6 Å². The normalized spacial score (nSPS) is 12.4. The van der Waals surface area contributed by atoms with Crippen molar-refractivity contribution < 1.29 is 0 Å². The van der Waals surface area contributed by atoms with Crippen molar-refractivity contribution in [3.63, 3.8) is 0 Å². The van der Waals surface area contributed by atoms with Gasteiger partial charge in [-0.25, -0.2) is 4.98 Å². The van der Waals surface area contributed by atoms with Gasteiger partial charge in [0.1, 0.15) is 5.65 Å². The van der Waals surface area contributed by atoms with E-state index >= 15 is 0 Å². The highest BCUT2D eigenvalue weighted by atomic mass is 35.5. The maximum atomic E-state index is 6.50. The minimum atomic E-state index is -0.124. The number of rotatable bonds is 3. The molecule has 124 valence electrons. The molecule has 1 unspecified atom stereocenters. The Kier molecular flexibility index (Phi) is 4.06. The molecule has 0 aliphatic carbocycles. The van der Waals surface area contributed by atoms with Gasteiger partial charge in [0.25, 0.3) is 0 Å². The molecule has 0 saturated carbocycles. The van der Waals surface area contributed by atoms with E-state index < -0.39 is 0 Å². The maximum Gasteiger partial charge on any atom is 0.137 e. The summed E-state index contributed by atoms with van der Waals surface area (Å²) in [7, 11) is 0. The van der Waals surface area contributed by atoms with E-state index in [4.69, 9.17) is 16.6 Å². The van der Waals surface area contributed by atoms with Crippen molar-refractivity contribution in [2.24, 2.45) is 0 Å². The van der Waals surface area contributed by atoms with Gasteiger partial charge in [0, 0.05) is 11.8 Å². The zero-order chi connectivity index (χ0) is 17.4. The molecule has 2 nitrogen and oxygen atoms in total. The maximum absolute atomic E-state index is 6.50. The minimum Gasteiger partial charge on any atom is -0.302 e. The standard InChI is InChI=1S/C22H19ClN2/c1-15-8-13-20-24-21(22(16(2)23)25(20)14-15)19-11-9-18(10-12-19)17-6-4-3-5-7-17/h3-14,16H,1-2H3. The number of hydrogen-bond acceptors (Lipinski definition) is 1. The Balaban J connectivity index is 1.83. The highest BCUT2D eigenvalue weighted by Gasteiger charge is 2.18. The van der Waals surface area contributed by atoms with Gasteiger partial charge in [-0.15, -0.1) is 11.6 Å². The van der Waals surface area contributed by atoms with Crippen LogP contribution in [0, 0.1) is 6.92 Å². The fraction of sp³-hybridized carbons (Fsp3) is 0.136. The van der Waals surface area contributed by atoms with Gasteiger partial charge in [0.05, 0.1) is 16.8 Å². The van der Waals surface area contributed by atoms with Crippen LogP contribution in [0.1, 0.15) is 23.6 Å². The Bertz CT molecular complexity index is 1020. The van der Waals surface area contributed by atoms with Gasteiger partial charge in [-0.1, -0.05) is 60.7 Å². The summed E-state index contributed by atoms with van der Waals surface area (Å²) in [5.41, 5.74) is 7.60. The summed E-state index contributed by atoms with van der Waals surface area (Å²) in [5, 5.41) is -0.124. The molecule has 4 aromatic rings. The van der Waals surface area contributed by atoms with Gasteiger partial charge in [-0.05, 0) is 36.6 Å². The molecule has 0 amide bonds. The van der Waals surface area contributed by atoms with Crippen molar-refractivity contribution in [1.29, 1.82) is 0 Å². The predicted octanol–water partition coefficient (Wildman–Crippen LogP) is 6.28. The second-order valence-corrected chi connectivity index (χ2v) is 6.99. The highest BCUT2D eigenvalue weighted by molar-refractivity contribution is 6.20. The first kappa shape index (κ1) is 15.9. The highest BCUT2D eigenvalue weighted by Crippen LogP contribution is 2.33. The van der Waals surface area contributed by atoms with E-state index in [0.717, 1.165) is 22.6 Å². The molecule has 2 aromatic carbocycles. The number of hydrogen-bond donors (Lipinski definition) is 0. The Labute approximate surface area is 152 Å². The minimum absolute atomic E-state index is 0.124. The van der Waals surface area contributed by atoms with Crippen LogP contribution in [0.15, 0.2) is 72.9 Å². The molecular weight excluding hydrogens is 328 g/mol. The number of benzene rings is 2. The van der Waals surface area contributed by atoms with Crippen LogP contribution in [-0.2, 0) is 0 Å². The summed E-state index contributed by atoms with van der Waals surface area (Å²) >= 11 is 6.50. The van der Waals surface area contributed by atoms with Gasteiger partial charge in [0.15, 0.2) is 0 Å². The fourth-order valence-corrected chi connectivity index (χ4v) is 3.42. The van der Waals surface area contributed by atoms with Crippen molar-refractivity contribution >= 4 is 17.2 Å². The van der Waals surface area contributed by atoms with E-state index in [-0.39, 0.29) is 5.38 Å². The lowest BCUT2D eigenvalue weighted by molar-refractivity contribution is 0.960. The van der Waals surface area contributed by atoms with Gasteiger partial charge < -0.3 is 4.40 Å². The van der Waals surface area contributed by atoms with Crippen molar-refractivity contribution in [3.8, 4) is 22.4 Å². The number of nitrogens with zero attached hydrogens (tertiary/aromatic N) is 2. The zero-order valence-corrected chi connectivity index (χ0v) is 15.0. The average Bonchev–Trinajstić information content (AvgIpc) is 3.01. The molecule has 4 rings (SSSR count). The van der Waals surface area contributed by atoms with Crippen LogP contribution in [0.5, 0.6) is 0 Å². The lowest BCUT2D eigenvalue weighted by atomic mass is 10.0. The summed E-state index contributed by atoms with van der Waals surface area (Å²) in [6.45, 7) is 4.08. The molecule has 1 atom stereocenters. The number of fused-ring (bicyclic) bond motifs is 1. The quantitative estimate of drug-likeness (QED) is 0.399. The summed E-state index contributed by atoms with van der Waals surface area (Å²) in [6.07, 6.45) is 2.10. The summed E-state index contributed by atoms with van der Waals surface area (Å²) in [6, 6.07) is 23.0. The number of aromatic nitrogens is 2. The molecule has 0 saturated heterocycles. The smallest absolute Gasteiger partial charge is 0.137 e. The molecule has 0 spiro atoms. The first-order valence-electron chi connectivity index (χ1n) is 8.42. The van der Waals surface area contributed by atoms with E-state index in [9.17, 15) is 0 Å². The Hall–Kier alpha value is -2.58. The molecule has 0 N–H and O–H groups in total. The zero-order valence-electron chi connectivity index (χ0n) is 14.3. The fourth-order valence-electron chi connectivity index (χ4n) is 3.21. The molecule has 25 heavy (non-hydrogen) atoms. The third-order valence-electron chi connectivity index (χ3n) is 4.45. The summed E-state index contributed by atoms with van der Waals surface area (Å²) in [4.78, 5) is 4.83. The molecule has 3 heteroatoms. The second-order valence-electron chi connectivity index (χ2n) is 6.34. The predicted molar refractivity (Wildman–Crippen MR) is 105 cm³/mol. The van der Waals surface area contributed by atoms with Crippen molar-refractivity contribution in [3.05, 3.63) is 84.2 Å². The van der Waals surface area contributed by atoms with E-state index in [0.29, 0.717) is 0 Å². The summed E-state index contributed by atoms with van der Waals surface area (Å²) in [5.74, 6) is 0. The molecule has 0 bridgehead atoms. The Morgan fingerprint density at radius 3 is 2.16 bits per heavy atom. The molecular formula is C22H19ClN2. The van der Waals surface area contributed by atoms with Crippen LogP contribution < -0.4 is 0 Å². The lowest BCUT2D eigenvalue weighted by Gasteiger charge is -2.08. The SMILES string of the molecule is Cc1ccc2nc(-c3ccc(-c4ccccc4)cc3)c(C(C)Cl)n2c1. The van der Waals surface area contributed by atoms with Crippen molar-refractivity contribution in [2.45, 2.75) is 19.2 Å². The largest absolute Gasteiger partial charge is 0.302 e. The van der Waals surface area contributed by atoms with E-state index in [1.165, 1.54) is 16.7 Å². The molecule has 0 radical (unpaired) electrons. The molecule has 0 aliphatic rings. The number of alkyl halides is 1. The van der Waals surface area contributed by atoms with Crippen LogP contribution in [0.3, 0.4) is 0 Å². The monoisotopic (exact) mass is 346 g/mol. The van der Waals surface area contributed by atoms with Gasteiger partial charge >= 0.3 is 0 Å². The summed E-state index contributed by atoms with van der Waals surface area (Å²) < 4.78 is 2.10. The van der Waals surface area contributed by atoms with E-state index in [2.05, 4.69) is 72.1 Å². The molecule has 0 aliphatic heterocycles. The number of pyridine rings is 1. The topological polar surface area (TPSA) is 17.3 Å². The van der Waals surface area contributed by atoms with Crippen molar-refractivity contribution in [2.75, 3.05) is 0 Å². The second kappa shape index (κ2) is 6.38. The number of halogens is 1. The van der Waals surface area contributed by atoms with Crippen LogP contribution in [0.4, 0.5) is 0 Å². The van der Waals surface area contributed by atoms with Gasteiger partial charge in [-0.2, -0.15) is 0 Å². The van der Waals surface area contributed by atoms with Crippen LogP contribution in [0.25, 0.3) is 28.0 Å². The van der Waals surface area contributed by atoms with Crippen LogP contribution in [-0.4, -0.2) is 9.38 Å². The number of aryl methyl sites for hydroxylation is 1. The Morgan fingerprint density at radius 2 is 1.48 bits per heavy atom. The lowest BCUT2D eigenvalue weighted by Crippen LogP contribution is -1.96. The molecule has 2 aromatic heterocycles. The van der Waals surface area contributed by atoms with E-state index in [1.807, 2.05) is 19.1 Å². The van der Waals surface area contributed by atoms with Gasteiger partial charge in [0.2, 0.25) is 0 Å². The van der Waals surface area contributed by atoms with E-state index in [1.54, 1.807) is 0 Å². The molecule has 0 fully saturated rings. The van der Waals surface area contributed by atoms with Gasteiger partial charge in [-0.3, -0.25) is 0 Å². The average molecular weight is 347 g/mol. The first-order chi connectivity index (χ1) is 12.1. The third kappa shape index (κ3) is 2.94. The van der Waals surface area contributed by atoms with Crippen LogP contribution in [0.2, 0.25) is 0 Å². The Morgan fingerprint density at radius 1 is 0.840 bits per heavy atom. The van der Waals surface area contributed by atoms with Crippen molar-refractivity contribution in [1.82, 2.24) is 9.38 Å². The number of imidazole rings is 1.